The molecule has 15 rings (SSSR count). The van der Waals surface area contributed by atoms with E-state index in [1.807, 2.05) is 11.8 Å². The number of para-hydroxylation sites is 1. The molecule has 2 atom stereocenters. The summed E-state index contributed by atoms with van der Waals surface area (Å²) in [7, 11) is 0. The van der Waals surface area contributed by atoms with Gasteiger partial charge in [-0.2, -0.15) is 0 Å². The highest BCUT2D eigenvalue weighted by molar-refractivity contribution is 8.00. The van der Waals surface area contributed by atoms with Gasteiger partial charge in [0.2, 0.25) is 0 Å². The summed E-state index contributed by atoms with van der Waals surface area (Å²) in [6.45, 7) is 0. The van der Waals surface area contributed by atoms with Crippen molar-refractivity contribution in [3.05, 3.63) is 258 Å². The maximum absolute atomic E-state index is 2.53. The molecule has 10 aromatic carbocycles. The molecular weight excluding hydrogens is 817 g/mol. The van der Waals surface area contributed by atoms with Crippen LogP contribution in [0.1, 0.15) is 33.7 Å². The molecule has 0 bridgehead atoms. The summed E-state index contributed by atoms with van der Waals surface area (Å²) in [6.07, 6.45) is 9.12. The molecule has 1 aliphatic heterocycles. The average Bonchev–Trinajstić information content (AvgIpc) is 4.02. The van der Waals surface area contributed by atoms with E-state index < -0.39 is 5.41 Å². The van der Waals surface area contributed by atoms with Crippen molar-refractivity contribution in [2.24, 2.45) is 0 Å². The maximum Gasteiger partial charge on any atom is 0.0726 e. The number of fused-ring (bicyclic) bond motifs is 16. The van der Waals surface area contributed by atoms with E-state index in [0.29, 0.717) is 11.2 Å². The van der Waals surface area contributed by atoms with Gasteiger partial charge in [0, 0.05) is 49.3 Å². The number of thioether (sulfide) groups is 1. The molecule has 1 spiro atoms. The number of nitrogens with zero attached hydrogens (tertiary/aromatic N) is 2. The minimum absolute atomic E-state index is 0.423. The number of benzene rings is 10. The van der Waals surface area contributed by atoms with E-state index in [1.165, 1.54) is 104 Å². The fourth-order valence-electron chi connectivity index (χ4n) is 12.4. The number of anilines is 3. The molecule has 3 heteroatoms. The van der Waals surface area contributed by atoms with Crippen LogP contribution in [-0.2, 0) is 5.41 Å². The summed E-state index contributed by atoms with van der Waals surface area (Å²) >= 11 is 1.99. The zero-order valence-electron chi connectivity index (χ0n) is 35.9. The molecule has 1 aromatic heterocycles. The molecule has 2 heterocycles. The smallest absolute Gasteiger partial charge is 0.0726 e. The molecule has 11 aromatic rings. The molecule has 0 saturated heterocycles. The Morgan fingerprint density at radius 2 is 1.08 bits per heavy atom. The molecule has 0 fully saturated rings. The van der Waals surface area contributed by atoms with Gasteiger partial charge in [-0.25, -0.2) is 0 Å². The largest absolute Gasteiger partial charge is 0.310 e. The van der Waals surface area contributed by atoms with Crippen LogP contribution in [-0.4, -0.2) is 9.82 Å². The quantitative estimate of drug-likeness (QED) is 0.174. The number of rotatable bonds is 4. The highest BCUT2D eigenvalue weighted by Gasteiger charge is 2.50. The van der Waals surface area contributed by atoms with Crippen molar-refractivity contribution in [2.75, 3.05) is 4.90 Å². The fraction of sp³-hybridized carbons (Fsp3) is 0.0476. The highest BCUT2D eigenvalue weighted by atomic mass is 32.2. The van der Waals surface area contributed by atoms with Gasteiger partial charge in [0.1, 0.15) is 0 Å². The molecule has 308 valence electrons. The number of hydrogen-bond acceptors (Lipinski definition) is 2. The van der Waals surface area contributed by atoms with Crippen LogP contribution in [0, 0.1) is 0 Å². The summed E-state index contributed by atoms with van der Waals surface area (Å²) in [5.74, 6) is 0.423. The van der Waals surface area contributed by atoms with Crippen LogP contribution in [0.15, 0.2) is 235 Å². The number of allylic oxidation sites excluding steroid dienone is 3. The summed E-state index contributed by atoms with van der Waals surface area (Å²) in [5.41, 5.74) is 18.4. The third-order valence-corrected chi connectivity index (χ3v) is 16.4. The molecule has 0 saturated carbocycles. The van der Waals surface area contributed by atoms with E-state index in [4.69, 9.17) is 0 Å². The number of aromatic nitrogens is 1. The van der Waals surface area contributed by atoms with Crippen molar-refractivity contribution < 1.29 is 0 Å². The van der Waals surface area contributed by atoms with Crippen LogP contribution < -0.4 is 4.90 Å². The molecule has 0 N–H and O–H groups in total. The lowest BCUT2D eigenvalue weighted by Gasteiger charge is -2.41. The van der Waals surface area contributed by atoms with Crippen molar-refractivity contribution in [1.82, 2.24) is 4.57 Å². The van der Waals surface area contributed by atoms with E-state index in [9.17, 15) is 0 Å². The van der Waals surface area contributed by atoms with E-state index >= 15 is 0 Å². The van der Waals surface area contributed by atoms with Gasteiger partial charge in [-0.1, -0.05) is 182 Å². The normalized spacial score (nSPS) is 16.7. The van der Waals surface area contributed by atoms with Crippen LogP contribution in [0.3, 0.4) is 0 Å². The van der Waals surface area contributed by atoms with E-state index in [0.717, 1.165) is 17.1 Å². The lowest BCUT2D eigenvalue weighted by Crippen LogP contribution is -2.32. The minimum atomic E-state index is -0.526. The average molecular weight is 857 g/mol. The number of hydrogen-bond donors (Lipinski definition) is 0. The third-order valence-electron chi connectivity index (χ3n) is 15.1. The first-order valence-electron chi connectivity index (χ1n) is 23.1. The lowest BCUT2D eigenvalue weighted by atomic mass is 9.61. The Bertz CT molecular complexity index is 3900. The Morgan fingerprint density at radius 1 is 0.439 bits per heavy atom. The van der Waals surface area contributed by atoms with E-state index in [2.05, 4.69) is 240 Å². The lowest BCUT2D eigenvalue weighted by molar-refractivity contribution is 0.773. The SMILES string of the molecule is C1=CC2Sc3cc(-n4c5ccccc5c5ccc(N(c6ccc7c(c6)C6(c8ccccc8-c8ccccc86)c6cccc8cccc-7c68)c6cccc7ccccc67)cc54)ccc3C2C=C1. The van der Waals surface area contributed by atoms with Crippen LogP contribution in [0.5, 0.6) is 0 Å². The standard InChI is InChI=1S/C63H40N2S/c1-2-18-44-39(14-1)15-13-28-57(44)64(42-31-34-49-48-21-5-9-27-58(48)65(59(49)37-42)43-32-35-51-50-22-6-10-29-60(50)66-61(51)38-43)41-30-33-47-52-23-11-16-40-17-12-26-55(62(40)52)63(56(47)36-41)53-24-7-3-19-45(53)46-20-4-8-25-54(46)63/h1-38,50,60H. The summed E-state index contributed by atoms with van der Waals surface area (Å²) < 4.78 is 2.50. The first kappa shape index (κ1) is 36.5. The first-order chi connectivity index (χ1) is 32.7. The molecule has 2 unspecified atom stereocenters. The van der Waals surface area contributed by atoms with Gasteiger partial charge in [-0.3, -0.25) is 0 Å². The monoisotopic (exact) mass is 856 g/mol. The Kier molecular flexibility index (Phi) is 7.51. The summed E-state index contributed by atoms with van der Waals surface area (Å²) in [4.78, 5) is 3.89. The molecule has 0 radical (unpaired) electrons. The first-order valence-corrected chi connectivity index (χ1v) is 24.0. The van der Waals surface area contributed by atoms with Crippen LogP contribution in [0.2, 0.25) is 0 Å². The van der Waals surface area contributed by atoms with E-state index in [-0.39, 0.29) is 0 Å². The minimum Gasteiger partial charge on any atom is -0.310 e. The molecule has 4 aliphatic rings. The van der Waals surface area contributed by atoms with Gasteiger partial charge >= 0.3 is 0 Å². The second-order valence-electron chi connectivity index (χ2n) is 18.3. The van der Waals surface area contributed by atoms with Crippen LogP contribution >= 0.6 is 11.8 Å². The van der Waals surface area contributed by atoms with Gasteiger partial charge in [-0.05, 0) is 115 Å². The molecule has 66 heavy (non-hydrogen) atoms. The van der Waals surface area contributed by atoms with Gasteiger partial charge in [0.25, 0.3) is 0 Å². The van der Waals surface area contributed by atoms with Gasteiger partial charge in [-0.15, -0.1) is 11.8 Å². The predicted octanol–water partition coefficient (Wildman–Crippen LogP) is 16.6. The zero-order chi connectivity index (χ0) is 43.1. The van der Waals surface area contributed by atoms with Crippen LogP contribution in [0.4, 0.5) is 17.1 Å². The second-order valence-corrected chi connectivity index (χ2v) is 19.5. The third kappa shape index (κ3) is 4.82. The Labute approximate surface area is 387 Å². The zero-order valence-corrected chi connectivity index (χ0v) is 36.7. The summed E-state index contributed by atoms with van der Waals surface area (Å²) in [6, 6.07) is 78.1. The van der Waals surface area contributed by atoms with Crippen molar-refractivity contribution in [2.45, 2.75) is 21.5 Å². The predicted molar refractivity (Wildman–Crippen MR) is 277 cm³/mol. The van der Waals surface area contributed by atoms with Crippen LogP contribution in [0.25, 0.3) is 71.3 Å². The van der Waals surface area contributed by atoms with Crippen molar-refractivity contribution in [3.63, 3.8) is 0 Å². The second kappa shape index (κ2) is 13.6. The van der Waals surface area contributed by atoms with Gasteiger partial charge in [0.15, 0.2) is 0 Å². The van der Waals surface area contributed by atoms with E-state index in [1.54, 1.807) is 0 Å². The van der Waals surface area contributed by atoms with Crippen molar-refractivity contribution >= 4 is 72.2 Å². The molecule has 3 aliphatic carbocycles. The molecule has 0 amide bonds. The van der Waals surface area contributed by atoms with Crippen molar-refractivity contribution in [1.29, 1.82) is 0 Å². The fourth-order valence-corrected chi connectivity index (χ4v) is 13.8. The summed E-state index contributed by atoms with van der Waals surface area (Å²) in [5, 5.41) is 7.98. The Balaban J connectivity index is 1.01. The maximum atomic E-state index is 2.53. The highest BCUT2D eigenvalue weighted by Crippen LogP contribution is 2.62. The Hall–Kier alpha value is -7.85. The molecule has 2 nitrogen and oxygen atoms in total. The van der Waals surface area contributed by atoms with Gasteiger partial charge < -0.3 is 9.47 Å². The van der Waals surface area contributed by atoms with Crippen molar-refractivity contribution in [3.8, 4) is 27.9 Å². The molecular formula is C63H40N2S. The van der Waals surface area contributed by atoms with Gasteiger partial charge in [0.05, 0.1) is 22.1 Å². The Morgan fingerprint density at radius 3 is 1.95 bits per heavy atom. The topological polar surface area (TPSA) is 8.17 Å².